The van der Waals surface area contributed by atoms with Gasteiger partial charge in [-0.3, -0.25) is 4.79 Å². The van der Waals surface area contributed by atoms with E-state index < -0.39 is 0 Å². The zero-order valence-electron chi connectivity index (χ0n) is 14.6. The molecule has 2 aromatic rings. The van der Waals surface area contributed by atoms with Crippen LogP contribution in [0.4, 0.5) is 0 Å². The molecule has 0 spiro atoms. The fourth-order valence-electron chi connectivity index (χ4n) is 3.03. The molecule has 0 unspecified atom stereocenters. The zero-order chi connectivity index (χ0) is 17.2. The van der Waals surface area contributed by atoms with E-state index in [-0.39, 0.29) is 11.9 Å². The van der Waals surface area contributed by atoms with Crippen LogP contribution in [0.25, 0.3) is 0 Å². The molecule has 0 bridgehead atoms. The van der Waals surface area contributed by atoms with Gasteiger partial charge < -0.3 is 9.64 Å². The summed E-state index contributed by atoms with van der Waals surface area (Å²) < 4.78 is 7.56. The van der Waals surface area contributed by atoms with E-state index in [1.807, 2.05) is 40.0 Å². The van der Waals surface area contributed by atoms with Crippen LogP contribution in [0.1, 0.15) is 60.6 Å². The topological polar surface area (TPSA) is 60.2 Å². The minimum absolute atomic E-state index is 0.0684. The molecule has 0 radical (unpaired) electrons. The van der Waals surface area contributed by atoms with Crippen LogP contribution < -0.4 is 4.74 Å². The van der Waals surface area contributed by atoms with Crippen LogP contribution in [0.15, 0.2) is 30.5 Å². The molecule has 2 fully saturated rings. The van der Waals surface area contributed by atoms with Gasteiger partial charge >= 0.3 is 0 Å². The third kappa shape index (κ3) is 3.52. The van der Waals surface area contributed by atoms with Gasteiger partial charge in [0.25, 0.3) is 5.91 Å². The molecule has 1 aromatic heterocycles. The Bertz CT molecular complexity index is 730. The second-order valence-corrected chi connectivity index (χ2v) is 6.99. The van der Waals surface area contributed by atoms with Crippen LogP contribution in [-0.2, 0) is 0 Å². The SMILES string of the molecule is CCCCOc1ccc(C(=O)N2CC(n3cc(C4CC4)nn3)C2)cc1. The Morgan fingerprint density at radius 3 is 2.68 bits per heavy atom. The molecule has 1 saturated carbocycles. The maximum absolute atomic E-state index is 12.5. The van der Waals surface area contributed by atoms with Crippen molar-refractivity contribution in [3.05, 3.63) is 41.7 Å². The number of benzene rings is 1. The van der Waals surface area contributed by atoms with E-state index in [4.69, 9.17) is 4.74 Å². The number of hydrogen-bond acceptors (Lipinski definition) is 4. The first-order chi connectivity index (χ1) is 12.2. The smallest absolute Gasteiger partial charge is 0.254 e. The van der Waals surface area contributed by atoms with E-state index in [1.54, 1.807) is 0 Å². The zero-order valence-corrected chi connectivity index (χ0v) is 14.6. The van der Waals surface area contributed by atoms with Gasteiger partial charge in [-0.1, -0.05) is 18.6 Å². The van der Waals surface area contributed by atoms with Crippen molar-refractivity contribution in [2.24, 2.45) is 0 Å². The minimum atomic E-state index is 0.0684. The number of unbranched alkanes of at least 4 members (excludes halogenated alkanes) is 1. The molecule has 1 aromatic carbocycles. The number of hydrogen-bond donors (Lipinski definition) is 0. The molecule has 1 aliphatic carbocycles. The van der Waals surface area contributed by atoms with Gasteiger partial charge in [0.05, 0.1) is 18.3 Å². The van der Waals surface area contributed by atoms with Crippen molar-refractivity contribution in [3.63, 3.8) is 0 Å². The third-order valence-electron chi connectivity index (χ3n) is 4.92. The fourth-order valence-corrected chi connectivity index (χ4v) is 3.03. The summed E-state index contributed by atoms with van der Waals surface area (Å²) in [5, 5.41) is 8.47. The van der Waals surface area contributed by atoms with Gasteiger partial charge in [0.2, 0.25) is 0 Å². The molecule has 25 heavy (non-hydrogen) atoms. The second-order valence-electron chi connectivity index (χ2n) is 6.99. The molecule has 0 N–H and O–H groups in total. The number of carbonyl (C=O) groups excluding carboxylic acids is 1. The van der Waals surface area contributed by atoms with Crippen molar-refractivity contribution in [1.82, 2.24) is 19.9 Å². The van der Waals surface area contributed by atoms with Gasteiger partial charge in [0.15, 0.2) is 0 Å². The van der Waals surface area contributed by atoms with Crippen molar-refractivity contribution in [2.75, 3.05) is 19.7 Å². The summed E-state index contributed by atoms with van der Waals surface area (Å²) in [5.41, 5.74) is 1.81. The van der Waals surface area contributed by atoms with Crippen molar-refractivity contribution >= 4 is 5.91 Å². The van der Waals surface area contributed by atoms with E-state index in [1.165, 1.54) is 12.8 Å². The molecule has 2 aliphatic rings. The summed E-state index contributed by atoms with van der Waals surface area (Å²) in [5.74, 6) is 1.50. The average Bonchev–Trinajstić information content (AvgIpc) is 3.33. The first-order valence-electron chi connectivity index (χ1n) is 9.18. The molecule has 1 aliphatic heterocycles. The molecule has 1 amide bonds. The fraction of sp³-hybridized carbons (Fsp3) is 0.526. The van der Waals surface area contributed by atoms with Crippen molar-refractivity contribution in [3.8, 4) is 5.75 Å². The minimum Gasteiger partial charge on any atom is -0.494 e. The lowest BCUT2D eigenvalue weighted by molar-refractivity contribution is 0.0498. The number of rotatable bonds is 7. The number of likely N-dealkylation sites (tertiary alicyclic amines) is 1. The molecular formula is C19H24N4O2. The van der Waals surface area contributed by atoms with Gasteiger partial charge in [-0.25, -0.2) is 4.68 Å². The number of amides is 1. The average molecular weight is 340 g/mol. The lowest BCUT2D eigenvalue weighted by Gasteiger charge is -2.38. The lowest BCUT2D eigenvalue weighted by atomic mass is 10.1. The monoisotopic (exact) mass is 340 g/mol. The summed E-state index contributed by atoms with van der Waals surface area (Å²) in [4.78, 5) is 14.4. The van der Waals surface area contributed by atoms with Gasteiger partial charge in [-0.15, -0.1) is 5.10 Å². The van der Waals surface area contributed by atoms with Crippen molar-refractivity contribution in [1.29, 1.82) is 0 Å². The molecule has 6 nitrogen and oxygen atoms in total. The Labute approximate surface area is 147 Å². The molecule has 132 valence electrons. The highest BCUT2D eigenvalue weighted by Crippen LogP contribution is 2.39. The summed E-state index contributed by atoms with van der Waals surface area (Å²) in [6.45, 7) is 4.25. The van der Waals surface area contributed by atoms with Gasteiger partial charge in [-0.2, -0.15) is 0 Å². The normalized spacial score (nSPS) is 17.4. The summed E-state index contributed by atoms with van der Waals surface area (Å²) >= 11 is 0. The van der Waals surface area contributed by atoms with Crippen molar-refractivity contribution < 1.29 is 9.53 Å². The Morgan fingerprint density at radius 2 is 2.00 bits per heavy atom. The highest BCUT2D eigenvalue weighted by Gasteiger charge is 2.34. The molecule has 2 heterocycles. The molecule has 1 saturated heterocycles. The van der Waals surface area contributed by atoms with E-state index in [0.717, 1.165) is 30.9 Å². The van der Waals surface area contributed by atoms with Crippen molar-refractivity contribution in [2.45, 2.75) is 44.6 Å². The first kappa shape index (κ1) is 16.1. The maximum atomic E-state index is 12.5. The van der Waals surface area contributed by atoms with Gasteiger partial charge in [0, 0.05) is 30.8 Å². The van der Waals surface area contributed by atoms with Gasteiger partial charge in [0.1, 0.15) is 5.75 Å². The Morgan fingerprint density at radius 1 is 1.24 bits per heavy atom. The van der Waals surface area contributed by atoms with E-state index >= 15 is 0 Å². The number of nitrogens with zero attached hydrogens (tertiary/aromatic N) is 4. The highest BCUT2D eigenvalue weighted by atomic mass is 16.5. The second kappa shape index (κ2) is 6.86. The molecular weight excluding hydrogens is 316 g/mol. The lowest BCUT2D eigenvalue weighted by Crippen LogP contribution is -2.50. The van der Waals surface area contributed by atoms with Crippen LogP contribution in [0.3, 0.4) is 0 Å². The van der Waals surface area contributed by atoms with Gasteiger partial charge in [-0.05, 0) is 43.5 Å². The van der Waals surface area contributed by atoms with Crippen LogP contribution >= 0.6 is 0 Å². The molecule has 0 atom stereocenters. The predicted molar refractivity (Wildman–Crippen MR) is 93.8 cm³/mol. The van der Waals surface area contributed by atoms with Crippen LogP contribution in [0, 0.1) is 0 Å². The van der Waals surface area contributed by atoms with Crippen LogP contribution in [0.5, 0.6) is 5.75 Å². The molecule has 6 heteroatoms. The predicted octanol–water partition coefficient (Wildman–Crippen LogP) is 3.03. The van der Waals surface area contributed by atoms with E-state index in [2.05, 4.69) is 17.2 Å². The number of ether oxygens (including phenoxy) is 1. The summed E-state index contributed by atoms with van der Waals surface area (Å²) in [6.07, 6.45) is 6.66. The Balaban J connectivity index is 1.30. The third-order valence-corrected chi connectivity index (χ3v) is 4.92. The standard InChI is InChI=1S/C19H24N4O2/c1-2-3-10-25-17-8-6-15(7-9-17)19(24)22-11-16(12-22)23-13-18(20-21-23)14-4-5-14/h6-9,13-14,16H,2-5,10-12H2,1H3. The van der Waals surface area contributed by atoms with E-state index in [0.29, 0.717) is 24.6 Å². The maximum Gasteiger partial charge on any atom is 0.254 e. The largest absolute Gasteiger partial charge is 0.494 e. The van der Waals surface area contributed by atoms with Crippen LogP contribution in [0.2, 0.25) is 0 Å². The quantitative estimate of drug-likeness (QED) is 0.727. The Kier molecular flexibility index (Phi) is 4.42. The summed E-state index contributed by atoms with van der Waals surface area (Å²) in [7, 11) is 0. The number of carbonyl (C=O) groups is 1. The Hall–Kier alpha value is -2.37. The van der Waals surface area contributed by atoms with E-state index in [9.17, 15) is 4.79 Å². The highest BCUT2D eigenvalue weighted by molar-refractivity contribution is 5.94. The molecule has 4 rings (SSSR count). The number of aromatic nitrogens is 3. The van der Waals surface area contributed by atoms with Crippen LogP contribution in [-0.4, -0.2) is 45.5 Å². The first-order valence-corrected chi connectivity index (χ1v) is 9.18. The summed E-state index contributed by atoms with van der Waals surface area (Å²) in [6, 6.07) is 7.69.